The topological polar surface area (TPSA) is 26.0 Å². The maximum absolute atomic E-state index is 5.93. The molecule has 0 atom stereocenters. The van der Waals surface area contributed by atoms with E-state index in [1.165, 1.54) is 11.1 Å². The monoisotopic (exact) mass is 161 g/mol. The average molecular weight is 161 g/mol. The molecule has 0 aliphatic carbocycles. The molecule has 0 fully saturated rings. The predicted molar refractivity (Wildman–Crippen MR) is 54.1 cm³/mol. The third kappa shape index (κ3) is 1.67. The Morgan fingerprint density at radius 3 is 2.67 bits per heavy atom. The van der Waals surface area contributed by atoms with Gasteiger partial charge in [0.25, 0.3) is 0 Å². The fraction of sp³-hybridized carbons (Fsp3) is 0.273. The van der Waals surface area contributed by atoms with Gasteiger partial charge in [0.15, 0.2) is 0 Å². The SMILES string of the molecule is C=CCc1cccc(CC)c1N. The minimum atomic E-state index is 0.861. The van der Waals surface area contributed by atoms with E-state index in [-0.39, 0.29) is 0 Å². The molecule has 0 bridgehead atoms. The van der Waals surface area contributed by atoms with E-state index in [1.54, 1.807) is 0 Å². The van der Waals surface area contributed by atoms with Crippen LogP contribution in [0.1, 0.15) is 18.1 Å². The molecule has 64 valence electrons. The molecule has 0 saturated heterocycles. The Kier molecular flexibility index (Phi) is 2.92. The smallest absolute Gasteiger partial charge is 0.0382 e. The van der Waals surface area contributed by atoms with E-state index in [2.05, 4.69) is 25.6 Å². The van der Waals surface area contributed by atoms with Crippen molar-refractivity contribution in [3.05, 3.63) is 42.0 Å². The van der Waals surface area contributed by atoms with Crippen molar-refractivity contribution in [2.45, 2.75) is 19.8 Å². The van der Waals surface area contributed by atoms with Gasteiger partial charge in [0.1, 0.15) is 0 Å². The largest absolute Gasteiger partial charge is 0.398 e. The van der Waals surface area contributed by atoms with Gasteiger partial charge in [-0.15, -0.1) is 6.58 Å². The molecule has 0 aromatic heterocycles. The molecule has 0 heterocycles. The third-order valence-corrected chi connectivity index (χ3v) is 2.03. The summed E-state index contributed by atoms with van der Waals surface area (Å²) in [5.74, 6) is 0. The highest BCUT2D eigenvalue weighted by molar-refractivity contribution is 5.54. The Labute approximate surface area is 73.9 Å². The minimum Gasteiger partial charge on any atom is -0.398 e. The first-order valence-electron chi connectivity index (χ1n) is 4.26. The number of anilines is 1. The molecule has 12 heavy (non-hydrogen) atoms. The lowest BCUT2D eigenvalue weighted by Crippen LogP contribution is -1.97. The molecule has 1 aromatic carbocycles. The maximum Gasteiger partial charge on any atom is 0.0382 e. The van der Waals surface area contributed by atoms with Crippen molar-refractivity contribution in [3.63, 3.8) is 0 Å². The lowest BCUT2D eigenvalue weighted by molar-refractivity contribution is 1.13. The summed E-state index contributed by atoms with van der Waals surface area (Å²) in [7, 11) is 0. The number of nitrogens with two attached hydrogens (primary N) is 1. The van der Waals surface area contributed by atoms with Crippen molar-refractivity contribution in [1.82, 2.24) is 0 Å². The summed E-state index contributed by atoms with van der Waals surface area (Å²) in [6.45, 7) is 5.81. The first-order chi connectivity index (χ1) is 5.79. The Bertz CT molecular complexity index is 276. The van der Waals surface area contributed by atoms with Crippen LogP contribution in [0.2, 0.25) is 0 Å². The van der Waals surface area contributed by atoms with Crippen molar-refractivity contribution >= 4 is 5.69 Å². The molecule has 0 saturated carbocycles. The Morgan fingerprint density at radius 2 is 2.08 bits per heavy atom. The molecular weight excluding hydrogens is 146 g/mol. The molecule has 1 nitrogen and oxygen atoms in total. The van der Waals surface area contributed by atoms with Gasteiger partial charge in [-0.25, -0.2) is 0 Å². The highest BCUT2D eigenvalue weighted by Crippen LogP contribution is 2.18. The number of para-hydroxylation sites is 1. The molecule has 0 radical (unpaired) electrons. The summed E-state index contributed by atoms with van der Waals surface area (Å²) >= 11 is 0. The van der Waals surface area contributed by atoms with Crippen LogP contribution in [0.3, 0.4) is 0 Å². The number of nitrogen functional groups attached to an aromatic ring is 1. The quantitative estimate of drug-likeness (QED) is 0.535. The minimum absolute atomic E-state index is 0.861. The highest BCUT2D eigenvalue weighted by atomic mass is 14.6. The van der Waals surface area contributed by atoms with Crippen LogP contribution in [-0.2, 0) is 12.8 Å². The van der Waals surface area contributed by atoms with E-state index < -0.39 is 0 Å². The van der Waals surface area contributed by atoms with Gasteiger partial charge in [0.2, 0.25) is 0 Å². The number of benzene rings is 1. The summed E-state index contributed by atoms with van der Waals surface area (Å²) in [5, 5.41) is 0. The van der Waals surface area contributed by atoms with Crippen LogP contribution in [0.4, 0.5) is 5.69 Å². The lowest BCUT2D eigenvalue weighted by atomic mass is 10.0. The van der Waals surface area contributed by atoms with Crippen molar-refractivity contribution in [2.75, 3.05) is 5.73 Å². The number of aryl methyl sites for hydroxylation is 1. The summed E-state index contributed by atoms with van der Waals surface area (Å²) in [5.41, 5.74) is 9.28. The summed E-state index contributed by atoms with van der Waals surface area (Å²) in [4.78, 5) is 0. The zero-order chi connectivity index (χ0) is 8.97. The molecular formula is C11H15N. The molecule has 0 amide bonds. The van der Waals surface area contributed by atoms with E-state index in [1.807, 2.05) is 12.1 Å². The molecule has 1 aromatic rings. The Morgan fingerprint density at radius 1 is 1.42 bits per heavy atom. The molecule has 0 unspecified atom stereocenters. The fourth-order valence-electron chi connectivity index (χ4n) is 1.31. The first-order valence-corrected chi connectivity index (χ1v) is 4.26. The van der Waals surface area contributed by atoms with E-state index in [4.69, 9.17) is 5.73 Å². The molecule has 0 aliphatic heterocycles. The van der Waals surface area contributed by atoms with Crippen LogP contribution < -0.4 is 5.73 Å². The zero-order valence-corrected chi connectivity index (χ0v) is 7.51. The second-order valence-corrected chi connectivity index (χ2v) is 2.84. The maximum atomic E-state index is 5.93. The van der Waals surface area contributed by atoms with Gasteiger partial charge < -0.3 is 5.73 Å². The second kappa shape index (κ2) is 3.96. The highest BCUT2D eigenvalue weighted by Gasteiger charge is 2.00. The van der Waals surface area contributed by atoms with E-state index >= 15 is 0 Å². The normalized spacial score (nSPS) is 9.75. The fourth-order valence-corrected chi connectivity index (χ4v) is 1.31. The van der Waals surface area contributed by atoms with Gasteiger partial charge in [-0.05, 0) is 24.0 Å². The zero-order valence-electron chi connectivity index (χ0n) is 7.51. The molecule has 1 heteroatoms. The van der Waals surface area contributed by atoms with Gasteiger partial charge in [0, 0.05) is 5.69 Å². The van der Waals surface area contributed by atoms with Crippen LogP contribution >= 0.6 is 0 Å². The van der Waals surface area contributed by atoms with Crippen molar-refractivity contribution < 1.29 is 0 Å². The number of allylic oxidation sites excluding steroid dienone is 1. The van der Waals surface area contributed by atoms with E-state index in [0.29, 0.717) is 0 Å². The first kappa shape index (κ1) is 8.85. The molecule has 0 aliphatic rings. The number of rotatable bonds is 3. The number of hydrogen-bond donors (Lipinski definition) is 1. The summed E-state index contributed by atoms with van der Waals surface area (Å²) in [6, 6.07) is 6.17. The Hall–Kier alpha value is -1.24. The van der Waals surface area contributed by atoms with Crippen molar-refractivity contribution in [2.24, 2.45) is 0 Å². The van der Waals surface area contributed by atoms with Crippen LogP contribution in [0.5, 0.6) is 0 Å². The number of hydrogen-bond acceptors (Lipinski definition) is 1. The van der Waals surface area contributed by atoms with Crippen LogP contribution in [0.25, 0.3) is 0 Å². The van der Waals surface area contributed by atoms with Crippen LogP contribution in [0.15, 0.2) is 30.9 Å². The third-order valence-electron chi connectivity index (χ3n) is 2.03. The van der Waals surface area contributed by atoms with Gasteiger partial charge >= 0.3 is 0 Å². The standard InChI is InChI=1S/C11H15N/c1-3-6-10-8-5-7-9(4-2)11(10)12/h3,5,7-8H,1,4,6,12H2,2H3. The van der Waals surface area contributed by atoms with E-state index in [0.717, 1.165) is 18.5 Å². The summed E-state index contributed by atoms with van der Waals surface area (Å²) in [6.07, 6.45) is 3.74. The van der Waals surface area contributed by atoms with Crippen molar-refractivity contribution in [3.8, 4) is 0 Å². The van der Waals surface area contributed by atoms with Gasteiger partial charge in [-0.3, -0.25) is 0 Å². The Balaban J connectivity index is 3.04. The average Bonchev–Trinajstić information content (AvgIpc) is 2.09. The van der Waals surface area contributed by atoms with Gasteiger partial charge in [-0.2, -0.15) is 0 Å². The molecule has 0 spiro atoms. The summed E-state index contributed by atoms with van der Waals surface area (Å²) < 4.78 is 0. The van der Waals surface area contributed by atoms with Crippen molar-refractivity contribution in [1.29, 1.82) is 0 Å². The van der Waals surface area contributed by atoms with Crippen LogP contribution in [-0.4, -0.2) is 0 Å². The van der Waals surface area contributed by atoms with Crippen LogP contribution in [0, 0.1) is 0 Å². The van der Waals surface area contributed by atoms with Gasteiger partial charge in [-0.1, -0.05) is 31.2 Å². The predicted octanol–water partition coefficient (Wildman–Crippen LogP) is 2.56. The van der Waals surface area contributed by atoms with E-state index in [9.17, 15) is 0 Å². The second-order valence-electron chi connectivity index (χ2n) is 2.84. The molecule has 2 N–H and O–H groups in total. The molecule has 1 rings (SSSR count). The van der Waals surface area contributed by atoms with Gasteiger partial charge in [0.05, 0.1) is 0 Å². The lowest BCUT2D eigenvalue weighted by Gasteiger charge is -2.07.